The fourth-order valence-corrected chi connectivity index (χ4v) is 1.22. The second-order valence-electron chi connectivity index (χ2n) is 3.71. The highest BCUT2D eigenvalue weighted by Gasteiger charge is 1.95. The van der Waals surface area contributed by atoms with Crippen LogP contribution in [-0.4, -0.2) is 16.1 Å². The number of carboxylic acid groups (broad SMARTS) is 1. The summed E-state index contributed by atoms with van der Waals surface area (Å²) in [6, 6.07) is 13.5. The van der Waals surface area contributed by atoms with Gasteiger partial charge in [-0.1, -0.05) is 30.3 Å². The highest BCUT2D eigenvalue weighted by molar-refractivity contribution is 5.62. The number of nitrogens with two attached hydrogens (primary N) is 1. The van der Waals surface area contributed by atoms with Crippen LogP contribution in [0.3, 0.4) is 0 Å². The van der Waals surface area contributed by atoms with E-state index in [1.54, 1.807) is 12.3 Å². The molecule has 0 aliphatic carbocycles. The lowest BCUT2D eigenvalue weighted by Gasteiger charge is -2.05. The zero-order valence-electron chi connectivity index (χ0n) is 10.6. The van der Waals surface area contributed by atoms with Gasteiger partial charge in [0.25, 0.3) is 5.97 Å². The van der Waals surface area contributed by atoms with E-state index in [1.165, 1.54) is 0 Å². The maximum atomic E-state index is 9.00. The molecule has 0 aliphatic heterocycles. The number of anilines is 1. The van der Waals surface area contributed by atoms with E-state index in [4.69, 9.17) is 20.4 Å². The first-order valence-corrected chi connectivity index (χ1v) is 5.65. The summed E-state index contributed by atoms with van der Waals surface area (Å²) in [5, 5.41) is 7.42. The van der Waals surface area contributed by atoms with E-state index in [0.29, 0.717) is 12.4 Å². The van der Waals surface area contributed by atoms with Gasteiger partial charge < -0.3 is 15.6 Å². The predicted molar refractivity (Wildman–Crippen MR) is 72.7 cm³/mol. The number of aromatic nitrogens is 1. The smallest absolute Gasteiger partial charge is 0.300 e. The molecule has 0 spiro atoms. The Morgan fingerprint density at radius 2 is 1.89 bits per heavy atom. The molecule has 0 aliphatic rings. The monoisotopic (exact) mass is 260 g/mol. The Hall–Kier alpha value is -2.56. The first-order valence-electron chi connectivity index (χ1n) is 5.65. The van der Waals surface area contributed by atoms with Crippen LogP contribution in [0, 0.1) is 0 Å². The molecule has 3 N–H and O–H groups in total. The molecule has 2 aromatic rings. The van der Waals surface area contributed by atoms with Crippen molar-refractivity contribution in [2.75, 3.05) is 5.73 Å². The third-order valence-electron chi connectivity index (χ3n) is 2.01. The van der Waals surface area contributed by atoms with Gasteiger partial charge in [0.1, 0.15) is 18.2 Å². The van der Waals surface area contributed by atoms with Crippen LogP contribution >= 0.6 is 0 Å². The molecule has 0 saturated carbocycles. The van der Waals surface area contributed by atoms with Crippen LogP contribution in [0.5, 0.6) is 5.75 Å². The average molecular weight is 260 g/mol. The van der Waals surface area contributed by atoms with Gasteiger partial charge in [0.05, 0.1) is 6.20 Å². The number of benzene rings is 1. The molecule has 5 heteroatoms. The van der Waals surface area contributed by atoms with Crippen LogP contribution in [0.4, 0.5) is 5.82 Å². The number of carbonyl (C=O) groups is 1. The molecule has 5 nitrogen and oxygen atoms in total. The van der Waals surface area contributed by atoms with Crippen molar-refractivity contribution in [1.82, 2.24) is 4.98 Å². The van der Waals surface area contributed by atoms with Crippen LogP contribution in [0.2, 0.25) is 0 Å². The van der Waals surface area contributed by atoms with E-state index in [1.807, 2.05) is 36.4 Å². The Kier molecular flexibility index (Phi) is 5.88. The van der Waals surface area contributed by atoms with Crippen molar-refractivity contribution in [2.45, 2.75) is 13.5 Å². The number of nitrogens with zero attached hydrogens (tertiary/aromatic N) is 1. The first-order chi connectivity index (χ1) is 9.08. The molecule has 2 rings (SSSR count). The summed E-state index contributed by atoms with van der Waals surface area (Å²) in [4.78, 5) is 12.9. The van der Waals surface area contributed by atoms with Gasteiger partial charge in [-0.15, -0.1) is 0 Å². The molecule has 0 radical (unpaired) electrons. The van der Waals surface area contributed by atoms with E-state index in [-0.39, 0.29) is 0 Å². The normalized spacial score (nSPS) is 9.11. The molecule has 0 unspecified atom stereocenters. The van der Waals surface area contributed by atoms with Gasteiger partial charge in [-0.05, 0) is 17.7 Å². The highest BCUT2D eigenvalue weighted by atomic mass is 16.5. The third-order valence-corrected chi connectivity index (χ3v) is 2.01. The Balaban J connectivity index is 0.000000399. The third kappa shape index (κ3) is 6.68. The minimum absolute atomic E-state index is 0.502. The number of ether oxygens (including phenoxy) is 1. The highest BCUT2D eigenvalue weighted by Crippen LogP contribution is 2.12. The summed E-state index contributed by atoms with van der Waals surface area (Å²) in [6.45, 7) is 1.63. The van der Waals surface area contributed by atoms with Crippen LogP contribution in [0.15, 0.2) is 48.7 Å². The summed E-state index contributed by atoms with van der Waals surface area (Å²) >= 11 is 0. The average Bonchev–Trinajstić information content (AvgIpc) is 2.39. The number of hydrogen-bond donors (Lipinski definition) is 2. The zero-order chi connectivity index (χ0) is 14.1. The van der Waals surface area contributed by atoms with E-state index >= 15 is 0 Å². The van der Waals surface area contributed by atoms with Gasteiger partial charge in [-0.25, -0.2) is 4.98 Å². The Morgan fingerprint density at radius 3 is 2.42 bits per heavy atom. The van der Waals surface area contributed by atoms with Crippen molar-refractivity contribution in [3.8, 4) is 5.75 Å². The minimum Gasteiger partial charge on any atom is -0.487 e. The quantitative estimate of drug-likeness (QED) is 0.884. The molecule has 1 heterocycles. The van der Waals surface area contributed by atoms with Crippen molar-refractivity contribution >= 4 is 11.8 Å². The van der Waals surface area contributed by atoms with Crippen LogP contribution in [0.1, 0.15) is 12.5 Å². The number of hydrogen-bond acceptors (Lipinski definition) is 4. The largest absolute Gasteiger partial charge is 0.487 e. The molecule has 0 saturated heterocycles. The van der Waals surface area contributed by atoms with Gasteiger partial charge in [-0.3, -0.25) is 4.79 Å². The molecule has 0 amide bonds. The van der Waals surface area contributed by atoms with Gasteiger partial charge in [-0.2, -0.15) is 0 Å². The van der Waals surface area contributed by atoms with E-state index < -0.39 is 5.97 Å². The van der Waals surface area contributed by atoms with Gasteiger partial charge in [0, 0.05) is 6.92 Å². The fraction of sp³-hybridized carbons (Fsp3) is 0.143. The van der Waals surface area contributed by atoms with E-state index in [0.717, 1.165) is 18.2 Å². The number of aliphatic carboxylic acids is 1. The Bertz CT molecular complexity index is 494. The molecule has 19 heavy (non-hydrogen) atoms. The summed E-state index contributed by atoms with van der Waals surface area (Å²) in [5.41, 5.74) is 6.60. The minimum atomic E-state index is -0.833. The van der Waals surface area contributed by atoms with Gasteiger partial charge in [0.2, 0.25) is 0 Å². The molecule has 1 aromatic carbocycles. The molecule has 100 valence electrons. The second kappa shape index (κ2) is 7.71. The number of rotatable bonds is 3. The summed E-state index contributed by atoms with van der Waals surface area (Å²) in [7, 11) is 0. The first kappa shape index (κ1) is 14.5. The zero-order valence-corrected chi connectivity index (χ0v) is 10.6. The molecule has 0 fully saturated rings. The summed E-state index contributed by atoms with van der Waals surface area (Å²) < 4.78 is 5.53. The molecule has 0 atom stereocenters. The van der Waals surface area contributed by atoms with Crippen molar-refractivity contribution in [2.24, 2.45) is 0 Å². The van der Waals surface area contributed by atoms with Gasteiger partial charge in [0.15, 0.2) is 0 Å². The maximum Gasteiger partial charge on any atom is 0.300 e. The fourth-order valence-electron chi connectivity index (χ4n) is 1.22. The molecule has 1 aromatic heterocycles. The lowest BCUT2D eigenvalue weighted by atomic mass is 10.2. The number of carboxylic acids is 1. The Morgan fingerprint density at radius 1 is 1.26 bits per heavy atom. The van der Waals surface area contributed by atoms with E-state index in [2.05, 4.69) is 4.98 Å². The predicted octanol–water partition coefficient (Wildman–Crippen LogP) is 2.33. The lowest BCUT2D eigenvalue weighted by molar-refractivity contribution is -0.134. The molecular weight excluding hydrogens is 244 g/mol. The summed E-state index contributed by atoms with van der Waals surface area (Å²) in [6.07, 6.45) is 1.62. The Labute approximate surface area is 111 Å². The number of nitrogen functional groups attached to an aromatic ring is 1. The van der Waals surface area contributed by atoms with Crippen LogP contribution in [0.25, 0.3) is 0 Å². The van der Waals surface area contributed by atoms with Crippen molar-refractivity contribution in [3.63, 3.8) is 0 Å². The topological polar surface area (TPSA) is 85.4 Å². The lowest BCUT2D eigenvalue weighted by Crippen LogP contribution is -1.96. The van der Waals surface area contributed by atoms with E-state index in [9.17, 15) is 0 Å². The molecular formula is C14H16N2O3. The van der Waals surface area contributed by atoms with Gasteiger partial charge >= 0.3 is 0 Å². The number of pyridine rings is 1. The van der Waals surface area contributed by atoms with Crippen molar-refractivity contribution in [1.29, 1.82) is 0 Å². The van der Waals surface area contributed by atoms with Crippen LogP contribution in [-0.2, 0) is 11.4 Å². The molecule has 0 bridgehead atoms. The van der Waals surface area contributed by atoms with Crippen molar-refractivity contribution in [3.05, 3.63) is 54.2 Å². The standard InChI is InChI=1S/C12H12N2O.C2H4O2/c13-12-7-6-11(8-14-12)15-9-10-4-2-1-3-5-10;1-2(3)4/h1-8H,9H2,(H2,13,14);1H3,(H,3,4). The second-order valence-corrected chi connectivity index (χ2v) is 3.71. The summed E-state index contributed by atoms with van der Waals surface area (Å²) in [5.74, 6) is 0.398. The van der Waals surface area contributed by atoms with Crippen molar-refractivity contribution < 1.29 is 14.6 Å². The van der Waals surface area contributed by atoms with Crippen LogP contribution < -0.4 is 10.5 Å². The maximum absolute atomic E-state index is 9.00. The SMILES string of the molecule is CC(=O)O.Nc1ccc(OCc2ccccc2)cn1.